The van der Waals surface area contributed by atoms with Crippen molar-refractivity contribution >= 4 is 11.7 Å². The summed E-state index contributed by atoms with van der Waals surface area (Å²) >= 11 is 0. The summed E-state index contributed by atoms with van der Waals surface area (Å²) in [5, 5.41) is 40.0. The summed E-state index contributed by atoms with van der Waals surface area (Å²) in [5.74, 6) is -0.515. The minimum atomic E-state index is -1.63. The van der Waals surface area contributed by atoms with E-state index in [9.17, 15) is 30.0 Å². The number of aliphatic hydroxyl groups excluding tert-OH is 4. The second-order valence-electron chi connectivity index (χ2n) is 4.54. The van der Waals surface area contributed by atoms with E-state index in [0.717, 1.165) is 0 Å². The third-order valence-corrected chi connectivity index (χ3v) is 2.89. The second-order valence-corrected chi connectivity index (χ2v) is 4.54. The van der Waals surface area contributed by atoms with E-state index >= 15 is 0 Å². The van der Waals surface area contributed by atoms with Gasteiger partial charge in [0.15, 0.2) is 6.29 Å². The number of carbonyl (C=O) groups is 2. The van der Waals surface area contributed by atoms with Crippen LogP contribution in [0.15, 0.2) is 0 Å². The molecule has 5 N–H and O–H groups in total. The molecule has 1 saturated heterocycles. The van der Waals surface area contributed by atoms with Gasteiger partial charge in [0.25, 0.3) is 0 Å². The van der Waals surface area contributed by atoms with Crippen LogP contribution in [0.4, 0.5) is 0 Å². The number of carbonyl (C=O) groups excluding carboxylic acids is 2. The lowest BCUT2D eigenvalue weighted by Gasteiger charge is -2.38. The van der Waals surface area contributed by atoms with Gasteiger partial charge in [-0.25, -0.2) is 0 Å². The molecule has 8 heteroatoms. The van der Waals surface area contributed by atoms with Gasteiger partial charge in [0.2, 0.25) is 5.91 Å². The molecule has 0 radical (unpaired) electrons. The Morgan fingerprint density at radius 2 is 1.68 bits per heavy atom. The van der Waals surface area contributed by atoms with E-state index < -0.39 is 36.6 Å². The van der Waals surface area contributed by atoms with Gasteiger partial charge in [0, 0.05) is 19.4 Å². The third kappa shape index (κ3) is 4.51. The molecule has 19 heavy (non-hydrogen) atoms. The maximum atomic E-state index is 11.3. The molecule has 0 saturated carbocycles. The normalized spacial score (nSPS) is 34.9. The number of ketones is 1. The maximum absolute atomic E-state index is 11.3. The SMILES string of the molecule is CC(=O)CCC(=O)NCC1OC(O)C(O)C(O)C1O. The van der Waals surface area contributed by atoms with Crippen molar-refractivity contribution in [2.75, 3.05) is 6.54 Å². The van der Waals surface area contributed by atoms with E-state index in [1.54, 1.807) is 0 Å². The lowest BCUT2D eigenvalue weighted by atomic mass is 9.99. The second kappa shape index (κ2) is 6.92. The van der Waals surface area contributed by atoms with Crippen LogP contribution in [-0.4, -0.2) is 69.4 Å². The highest BCUT2D eigenvalue weighted by molar-refractivity contribution is 5.83. The van der Waals surface area contributed by atoms with Gasteiger partial charge in [0.1, 0.15) is 30.2 Å². The number of Topliss-reactive ketones (excluding diaryl/α,β-unsaturated/α-hetero) is 1. The summed E-state index contributed by atoms with van der Waals surface area (Å²) in [7, 11) is 0. The molecule has 5 unspecified atom stereocenters. The zero-order valence-corrected chi connectivity index (χ0v) is 10.5. The third-order valence-electron chi connectivity index (χ3n) is 2.89. The van der Waals surface area contributed by atoms with Crippen molar-refractivity contribution in [3.63, 3.8) is 0 Å². The van der Waals surface area contributed by atoms with Gasteiger partial charge in [-0.1, -0.05) is 0 Å². The molecule has 0 aromatic rings. The Hall–Kier alpha value is -1.06. The molecule has 0 aliphatic carbocycles. The van der Waals surface area contributed by atoms with Crippen LogP contribution in [0, 0.1) is 0 Å². The van der Waals surface area contributed by atoms with Crippen molar-refractivity contribution in [3.8, 4) is 0 Å². The molecular formula is C11H19NO7. The number of hydrogen-bond donors (Lipinski definition) is 5. The van der Waals surface area contributed by atoms with Crippen molar-refractivity contribution in [2.45, 2.75) is 50.5 Å². The van der Waals surface area contributed by atoms with Crippen molar-refractivity contribution in [3.05, 3.63) is 0 Å². The highest BCUT2D eigenvalue weighted by Crippen LogP contribution is 2.19. The van der Waals surface area contributed by atoms with Crippen LogP contribution >= 0.6 is 0 Å². The van der Waals surface area contributed by atoms with E-state index in [1.165, 1.54) is 6.92 Å². The van der Waals surface area contributed by atoms with Crippen LogP contribution in [0.3, 0.4) is 0 Å². The smallest absolute Gasteiger partial charge is 0.220 e. The molecule has 0 aromatic heterocycles. The number of hydrogen-bond acceptors (Lipinski definition) is 7. The number of amides is 1. The lowest BCUT2D eigenvalue weighted by Crippen LogP contribution is -2.60. The highest BCUT2D eigenvalue weighted by Gasteiger charge is 2.42. The van der Waals surface area contributed by atoms with Crippen LogP contribution in [-0.2, 0) is 14.3 Å². The van der Waals surface area contributed by atoms with Crippen molar-refractivity contribution in [1.82, 2.24) is 5.32 Å². The average molecular weight is 277 g/mol. The molecule has 1 heterocycles. The van der Waals surface area contributed by atoms with Gasteiger partial charge < -0.3 is 35.3 Å². The van der Waals surface area contributed by atoms with Crippen LogP contribution < -0.4 is 5.32 Å². The fraction of sp³-hybridized carbons (Fsp3) is 0.818. The van der Waals surface area contributed by atoms with Crippen LogP contribution in [0.2, 0.25) is 0 Å². The number of rotatable bonds is 5. The Kier molecular flexibility index (Phi) is 5.83. The van der Waals surface area contributed by atoms with Gasteiger partial charge in [-0.3, -0.25) is 4.79 Å². The molecule has 1 rings (SSSR count). The predicted molar refractivity (Wildman–Crippen MR) is 61.8 cm³/mol. The van der Waals surface area contributed by atoms with E-state index in [1.807, 2.05) is 0 Å². The fourth-order valence-corrected chi connectivity index (χ4v) is 1.69. The Bertz CT molecular complexity index is 335. The molecule has 0 bridgehead atoms. The summed E-state index contributed by atoms with van der Waals surface area (Å²) in [5.41, 5.74) is 0. The molecule has 5 atom stereocenters. The average Bonchev–Trinajstić information content (AvgIpc) is 2.36. The van der Waals surface area contributed by atoms with Crippen LogP contribution in [0.1, 0.15) is 19.8 Å². The maximum Gasteiger partial charge on any atom is 0.220 e. The number of nitrogens with one attached hydrogen (secondary N) is 1. The van der Waals surface area contributed by atoms with Crippen LogP contribution in [0.25, 0.3) is 0 Å². The summed E-state index contributed by atoms with van der Waals surface area (Å²) in [6.07, 6.45) is -7.10. The van der Waals surface area contributed by atoms with Crippen molar-refractivity contribution < 1.29 is 34.8 Å². The Balaban J connectivity index is 2.40. The zero-order chi connectivity index (χ0) is 14.6. The van der Waals surface area contributed by atoms with Gasteiger partial charge in [0.05, 0.1) is 0 Å². The Labute approximate surface area is 110 Å². The molecule has 0 aromatic carbocycles. The lowest BCUT2D eigenvalue weighted by molar-refractivity contribution is -0.280. The first kappa shape index (κ1) is 16.0. The predicted octanol–water partition coefficient (Wildman–Crippen LogP) is -2.73. The molecule has 1 aliphatic rings. The van der Waals surface area contributed by atoms with E-state index in [0.29, 0.717) is 0 Å². The summed E-state index contributed by atoms with van der Waals surface area (Å²) in [6.45, 7) is 1.23. The van der Waals surface area contributed by atoms with Crippen LogP contribution in [0.5, 0.6) is 0 Å². The Morgan fingerprint density at radius 3 is 2.26 bits per heavy atom. The van der Waals surface area contributed by atoms with Gasteiger partial charge in [-0.15, -0.1) is 0 Å². The zero-order valence-electron chi connectivity index (χ0n) is 10.5. The first-order valence-electron chi connectivity index (χ1n) is 5.96. The van der Waals surface area contributed by atoms with Gasteiger partial charge in [-0.2, -0.15) is 0 Å². The number of aliphatic hydroxyl groups is 4. The first-order chi connectivity index (χ1) is 8.82. The summed E-state index contributed by atoms with van der Waals surface area (Å²) in [6, 6.07) is 0. The highest BCUT2D eigenvalue weighted by atomic mass is 16.6. The topological polar surface area (TPSA) is 136 Å². The monoisotopic (exact) mass is 277 g/mol. The van der Waals surface area contributed by atoms with Gasteiger partial charge >= 0.3 is 0 Å². The van der Waals surface area contributed by atoms with E-state index in [2.05, 4.69) is 5.32 Å². The van der Waals surface area contributed by atoms with Gasteiger partial charge in [-0.05, 0) is 6.92 Å². The summed E-state index contributed by atoms with van der Waals surface area (Å²) in [4.78, 5) is 22.0. The minimum absolute atomic E-state index is 0.0197. The van der Waals surface area contributed by atoms with E-state index in [4.69, 9.17) is 4.74 Å². The Morgan fingerprint density at radius 1 is 1.05 bits per heavy atom. The van der Waals surface area contributed by atoms with Crippen molar-refractivity contribution in [1.29, 1.82) is 0 Å². The molecule has 1 aliphatic heterocycles. The fourth-order valence-electron chi connectivity index (χ4n) is 1.69. The molecule has 110 valence electrons. The van der Waals surface area contributed by atoms with Crippen molar-refractivity contribution in [2.24, 2.45) is 0 Å². The number of ether oxygens (including phenoxy) is 1. The summed E-state index contributed by atoms with van der Waals surface area (Å²) < 4.78 is 4.87. The molecule has 1 amide bonds. The largest absolute Gasteiger partial charge is 0.388 e. The molecular weight excluding hydrogens is 258 g/mol. The minimum Gasteiger partial charge on any atom is -0.388 e. The quantitative estimate of drug-likeness (QED) is 0.368. The molecule has 0 spiro atoms. The van der Waals surface area contributed by atoms with E-state index in [-0.39, 0.29) is 25.2 Å². The standard InChI is InChI=1S/C11H19NO7/c1-5(13)2-3-7(14)12-4-6-8(15)9(16)10(17)11(18)19-6/h6,8-11,15-18H,2-4H2,1H3,(H,12,14). The first-order valence-corrected chi connectivity index (χ1v) is 5.96. The molecule has 1 fully saturated rings. The molecule has 8 nitrogen and oxygen atoms in total.